The molecule has 0 unspecified atom stereocenters. The molecule has 0 saturated carbocycles. The normalized spacial score (nSPS) is 11.2. The van der Waals surface area contributed by atoms with Gasteiger partial charge < -0.3 is 10.1 Å². The molecule has 2 aromatic carbocycles. The number of benzene rings is 2. The van der Waals surface area contributed by atoms with Crippen molar-refractivity contribution in [2.45, 2.75) is 25.3 Å². The predicted molar refractivity (Wildman–Crippen MR) is 105 cm³/mol. The zero-order chi connectivity index (χ0) is 20.6. The highest BCUT2D eigenvalue weighted by molar-refractivity contribution is 7.89. The van der Waals surface area contributed by atoms with E-state index < -0.39 is 28.5 Å². The number of nitrogens with zero attached hydrogens (tertiary/aromatic N) is 1. The zero-order valence-corrected chi connectivity index (χ0v) is 16.7. The number of esters is 1. The summed E-state index contributed by atoms with van der Waals surface area (Å²) < 4.78 is 31.4. The standard InChI is InChI=1S/C20H24N2O5S/c1-3-22(4-2)28(25,26)18-12-8-11-17(13-18)20(24)27-15-19(23)21-14-16-9-6-5-7-10-16/h5-13H,3-4,14-15H2,1-2H3,(H,21,23). The van der Waals surface area contributed by atoms with E-state index in [1.165, 1.54) is 28.6 Å². The van der Waals surface area contributed by atoms with E-state index in [-0.39, 0.29) is 10.5 Å². The Morgan fingerprint density at radius 3 is 2.32 bits per heavy atom. The van der Waals surface area contributed by atoms with Crippen LogP contribution in [0.4, 0.5) is 0 Å². The number of rotatable bonds is 9. The molecule has 150 valence electrons. The fraction of sp³-hybridized carbons (Fsp3) is 0.300. The van der Waals surface area contributed by atoms with Gasteiger partial charge in [0.05, 0.1) is 10.5 Å². The summed E-state index contributed by atoms with van der Waals surface area (Å²) in [6.07, 6.45) is 0. The lowest BCUT2D eigenvalue weighted by atomic mass is 10.2. The van der Waals surface area contributed by atoms with Gasteiger partial charge in [0.25, 0.3) is 5.91 Å². The van der Waals surface area contributed by atoms with Crippen LogP contribution in [0.2, 0.25) is 0 Å². The number of hydrogen-bond acceptors (Lipinski definition) is 5. The summed E-state index contributed by atoms with van der Waals surface area (Å²) in [5.41, 5.74) is 1.00. The number of hydrogen-bond donors (Lipinski definition) is 1. The molecule has 0 aromatic heterocycles. The summed E-state index contributed by atoms with van der Waals surface area (Å²) >= 11 is 0. The highest BCUT2D eigenvalue weighted by Crippen LogP contribution is 2.17. The Balaban J connectivity index is 1.96. The highest BCUT2D eigenvalue weighted by atomic mass is 32.2. The third-order valence-corrected chi connectivity index (χ3v) is 6.13. The molecule has 2 rings (SSSR count). The maximum absolute atomic E-state index is 12.6. The van der Waals surface area contributed by atoms with Gasteiger partial charge in [-0.2, -0.15) is 4.31 Å². The minimum atomic E-state index is -3.68. The number of ether oxygens (including phenoxy) is 1. The zero-order valence-electron chi connectivity index (χ0n) is 15.9. The number of carbonyl (C=O) groups excluding carboxylic acids is 2. The maximum Gasteiger partial charge on any atom is 0.338 e. The molecule has 28 heavy (non-hydrogen) atoms. The fourth-order valence-electron chi connectivity index (χ4n) is 2.56. The topological polar surface area (TPSA) is 92.8 Å². The lowest BCUT2D eigenvalue weighted by molar-refractivity contribution is -0.124. The van der Waals surface area contributed by atoms with E-state index in [0.29, 0.717) is 19.6 Å². The van der Waals surface area contributed by atoms with Crippen LogP contribution in [-0.2, 0) is 26.1 Å². The van der Waals surface area contributed by atoms with Gasteiger partial charge >= 0.3 is 5.97 Å². The van der Waals surface area contributed by atoms with E-state index in [9.17, 15) is 18.0 Å². The molecule has 0 fully saturated rings. The van der Waals surface area contributed by atoms with Crippen molar-refractivity contribution in [2.75, 3.05) is 19.7 Å². The van der Waals surface area contributed by atoms with E-state index >= 15 is 0 Å². The average molecular weight is 404 g/mol. The number of carbonyl (C=O) groups is 2. The largest absolute Gasteiger partial charge is 0.452 e. The van der Waals surface area contributed by atoms with E-state index in [1.54, 1.807) is 13.8 Å². The number of nitrogens with one attached hydrogen (secondary N) is 1. The monoisotopic (exact) mass is 404 g/mol. The van der Waals surface area contributed by atoms with Crippen molar-refractivity contribution >= 4 is 21.9 Å². The van der Waals surface area contributed by atoms with Gasteiger partial charge in [-0.1, -0.05) is 50.2 Å². The second kappa shape index (κ2) is 10.0. The Morgan fingerprint density at radius 1 is 1.00 bits per heavy atom. The minimum absolute atomic E-state index is 0.0131. The molecule has 8 heteroatoms. The lowest BCUT2D eigenvalue weighted by Gasteiger charge is -2.18. The molecular formula is C20H24N2O5S. The minimum Gasteiger partial charge on any atom is -0.452 e. The molecule has 0 spiro atoms. The molecule has 0 aliphatic heterocycles. The maximum atomic E-state index is 12.6. The third-order valence-electron chi connectivity index (χ3n) is 4.08. The van der Waals surface area contributed by atoms with Gasteiger partial charge in [-0.3, -0.25) is 4.79 Å². The first-order chi connectivity index (χ1) is 13.4. The van der Waals surface area contributed by atoms with Crippen molar-refractivity contribution in [3.63, 3.8) is 0 Å². The molecule has 0 aliphatic rings. The molecule has 1 amide bonds. The van der Waals surface area contributed by atoms with Gasteiger partial charge in [0.2, 0.25) is 10.0 Å². The number of amides is 1. The smallest absolute Gasteiger partial charge is 0.338 e. The van der Waals surface area contributed by atoms with Crippen LogP contribution in [0.1, 0.15) is 29.8 Å². The second-order valence-corrected chi connectivity index (χ2v) is 7.89. The van der Waals surface area contributed by atoms with Crippen molar-refractivity contribution in [1.82, 2.24) is 9.62 Å². The molecular weight excluding hydrogens is 380 g/mol. The first-order valence-corrected chi connectivity index (χ1v) is 10.4. The Hall–Kier alpha value is -2.71. The molecule has 0 bridgehead atoms. The Bertz CT molecular complexity index is 909. The predicted octanol–water partition coefficient (Wildman–Crippen LogP) is 2.19. The summed E-state index contributed by atoms with van der Waals surface area (Å²) in [4.78, 5) is 24.1. The van der Waals surface area contributed by atoms with Crippen LogP contribution >= 0.6 is 0 Å². The second-order valence-electron chi connectivity index (χ2n) is 5.96. The van der Waals surface area contributed by atoms with E-state index in [4.69, 9.17) is 4.74 Å². The Labute approximate surface area is 165 Å². The first kappa shape index (κ1) is 21.6. The Morgan fingerprint density at radius 2 is 1.68 bits per heavy atom. The van der Waals surface area contributed by atoms with Crippen LogP contribution in [0.5, 0.6) is 0 Å². The first-order valence-electron chi connectivity index (χ1n) is 8.96. The molecule has 0 heterocycles. The van der Waals surface area contributed by atoms with Crippen LogP contribution < -0.4 is 5.32 Å². The van der Waals surface area contributed by atoms with Crippen molar-refractivity contribution < 1.29 is 22.7 Å². The van der Waals surface area contributed by atoms with Crippen LogP contribution in [0, 0.1) is 0 Å². The van der Waals surface area contributed by atoms with Crippen molar-refractivity contribution in [3.8, 4) is 0 Å². The summed E-state index contributed by atoms with van der Waals surface area (Å²) in [5, 5.41) is 2.65. The summed E-state index contributed by atoms with van der Waals surface area (Å²) in [7, 11) is -3.68. The van der Waals surface area contributed by atoms with Crippen LogP contribution in [0.25, 0.3) is 0 Å². The van der Waals surface area contributed by atoms with Crippen molar-refractivity contribution in [1.29, 1.82) is 0 Å². The van der Waals surface area contributed by atoms with Crippen LogP contribution in [0.15, 0.2) is 59.5 Å². The van der Waals surface area contributed by atoms with E-state index in [0.717, 1.165) is 5.56 Å². The molecule has 2 aromatic rings. The van der Waals surface area contributed by atoms with E-state index in [2.05, 4.69) is 5.32 Å². The van der Waals surface area contributed by atoms with E-state index in [1.807, 2.05) is 30.3 Å². The van der Waals surface area contributed by atoms with Crippen molar-refractivity contribution in [2.24, 2.45) is 0 Å². The molecule has 0 saturated heterocycles. The van der Waals surface area contributed by atoms with Crippen molar-refractivity contribution in [3.05, 3.63) is 65.7 Å². The lowest BCUT2D eigenvalue weighted by Crippen LogP contribution is -2.31. The molecule has 0 aliphatic carbocycles. The summed E-state index contributed by atoms with van der Waals surface area (Å²) in [6, 6.07) is 15.0. The average Bonchev–Trinajstić information content (AvgIpc) is 2.72. The SMILES string of the molecule is CCN(CC)S(=O)(=O)c1cccc(C(=O)OCC(=O)NCc2ccccc2)c1. The van der Waals surface area contributed by atoms with Gasteiger partial charge in [-0.25, -0.2) is 13.2 Å². The van der Waals surface area contributed by atoms with Crippen LogP contribution in [-0.4, -0.2) is 44.3 Å². The van der Waals surface area contributed by atoms with Gasteiger partial charge in [0, 0.05) is 19.6 Å². The number of sulfonamides is 1. The summed E-state index contributed by atoms with van der Waals surface area (Å²) in [5.74, 6) is -1.20. The quantitative estimate of drug-likeness (QED) is 0.647. The summed E-state index contributed by atoms with van der Waals surface area (Å²) in [6.45, 7) is 4.03. The van der Waals surface area contributed by atoms with Gasteiger partial charge in [-0.15, -0.1) is 0 Å². The Kier molecular flexibility index (Phi) is 7.71. The van der Waals surface area contributed by atoms with Gasteiger partial charge in [-0.05, 0) is 23.8 Å². The third kappa shape index (κ3) is 5.64. The van der Waals surface area contributed by atoms with Gasteiger partial charge in [0.1, 0.15) is 0 Å². The molecule has 0 radical (unpaired) electrons. The highest BCUT2D eigenvalue weighted by Gasteiger charge is 2.23. The molecule has 0 atom stereocenters. The van der Waals surface area contributed by atoms with Crippen LogP contribution in [0.3, 0.4) is 0 Å². The molecule has 7 nitrogen and oxygen atoms in total. The van der Waals surface area contributed by atoms with Gasteiger partial charge in [0.15, 0.2) is 6.61 Å². The molecule has 1 N–H and O–H groups in total. The fourth-order valence-corrected chi connectivity index (χ4v) is 4.06.